The van der Waals surface area contributed by atoms with E-state index in [9.17, 15) is 4.79 Å². The van der Waals surface area contributed by atoms with Crippen LogP contribution in [-0.4, -0.2) is 10.5 Å². The molecule has 3 rings (SSSR count). The Kier molecular flexibility index (Phi) is 3.98. The number of nitrogens with zero attached hydrogens (tertiary/aromatic N) is 2. The van der Waals surface area contributed by atoms with Gasteiger partial charge in [-0.3, -0.25) is 4.79 Å². The second kappa shape index (κ2) is 5.93. The van der Waals surface area contributed by atoms with Crippen molar-refractivity contribution < 1.29 is 9.21 Å². The molecule has 0 aliphatic heterocycles. The van der Waals surface area contributed by atoms with Crippen LogP contribution in [0.2, 0.25) is 0 Å². The summed E-state index contributed by atoms with van der Waals surface area (Å²) in [4.78, 5) is 17.2. The first-order valence-electron chi connectivity index (χ1n) is 7.33. The fourth-order valence-corrected chi connectivity index (χ4v) is 3.52. The fraction of sp³-hybridized carbons (Fsp3) is 0.294. The molecule has 0 aliphatic carbocycles. The lowest BCUT2D eigenvalue weighted by molar-refractivity contribution is 0.0971. The molecule has 0 bridgehead atoms. The zero-order valence-electron chi connectivity index (χ0n) is 12.9. The van der Waals surface area contributed by atoms with Gasteiger partial charge in [0, 0.05) is 6.54 Å². The molecule has 0 atom stereocenters. The molecule has 1 amide bonds. The zero-order chi connectivity index (χ0) is 15.7. The quantitative estimate of drug-likeness (QED) is 0.732. The highest BCUT2D eigenvalue weighted by molar-refractivity contribution is 7.16. The highest BCUT2D eigenvalue weighted by Crippen LogP contribution is 2.22. The highest BCUT2D eigenvalue weighted by atomic mass is 32.1. The van der Waals surface area contributed by atoms with E-state index in [4.69, 9.17) is 4.42 Å². The number of rotatable bonds is 3. The molecular formula is C17H18N2O2S. The molecule has 114 valence electrons. The minimum Gasteiger partial charge on any atom is -0.459 e. The summed E-state index contributed by atoms with van der Waals surface area (Å²) in [7, 11) is 0. The van der Waals surface area contributed by atoms with Crippen LogP contribution in [0.15, 0.2) is 39.9 Å². The summed E-state index contributed by atoms with van der Waals surface area (Å²) < 4.78 is 8.41. The monoisotopic (exact) mass is 314 g/mol. The number of hydrogen-bond donors (Lipinski definition) is 0. The van der Waals surface area contributed by atoms with E-state index in [1.807, 2.05) is 0 Å². The Hall–Kier alpha value is -2.14. The number of thiazole rings is 1. The molecule has 0 unspecified atom stereocenters. The zero-order valence-corrected chi connectivity index (χ0v) is 13.7. The normalized spacial score (nSPS) is 12.2. The van der Waals surface area contributed by atoms with Gasteiger partial charge in [-0.2, -0.15) is 4.99 Å². The molecule has 0 saturated heterocycles. The van der Waals surface area contributed by atoms with Gasteiger partial charge in [0.1, 0.15) is 0 Å². The number of aromatic nitrogens is 1. The second-order valence-electron chi connectivity index (χ2n) is 5.33. The predicted molar refractivity (Wildman–Crippen MR) is 88.2 cm³/mol. The van der Waals surface area contributed by atoms with Crippen LogP contribution in [0.4, 0.5) is 0 Å². The van der Waals surface area contributed by atoms with E-state index in [0.29, 0.717) is 0 Å². The maximum absolute atomic E-state index is 12.2. The average Bonchev–Trinajstić information content (AvgIpc) is 3.11. The Morgan fingerprint density at radius 3 is 2.77 bits per heavy atom. The summed E-state index contributed by atoms with van der Waals surface area (Å²) in [6.07, 6.45) is 2.47. The van der Waals surface area contributed by atoms with Crippen molar-refractivity contribution in [2.24, 2.45) is 4.99 Å². The van der Waals surface area contributed by atoms with Crippen LogP contribution in [-0.2, 0) is 6.54 Å². The minimum absolute atomic E-state index is 0.271. The number of aryl methyl sites for hydroxylation is 3. The molecule has 2 heterocycles. The molecule has 0 spiro atoms. The maximum atomic E-state index is 12.2. The van der Waals surface area contributed by atoms with Crippen LogP contribution >= 0.6 is 11.3 Å². The van der Waals surface area contributed by atoms with Crippen molar-refractivity contribution in [1.29, 1.82) is 0 Å². The minimum atomic E-state index is -0.338. The number of carbonyl (C=O) groups is 1. The van der Waals surface area contributed by atoms with Gasteiger partial charge >= 0.3 is 5.91 Å². The Morgan fingerprint density at radius 2 is 2.09 bits per heavy atom. The van der Waals surface area contributed by atoms with Gasteiger partial charge in [0.2, 0.25) is 0 Å². The van der Waals surface area contributed by atoms with Crippen LogP contribution in [0.25, 0.3) is 10.2 Å². The molecule has 4 nitrogen and oxygen atoms in total. The Morgan fingerprint density at radius 1 is 1.32 bits per heavy atom. The number of benzene rings is 1. The summed E-state index contributed by atoms with van der Waals surface area (Å²) in [5.41, 5.74) is 3.64. The number of amides is 1. The van der Waals surface area contributed by atoms with Crippen molar-refractivity contribution in [3.8, 4) is 0 Å². The van der Waals surface area contributed by atoms with Crippen LogP contribution in [0.1, 0.15) is 35.0 Å². The molecule has 0 fully saturated rings. The molecular weight excluding hydrogens is 296 g/mol. The Labute approximate surface area is 132 Å². The van der Waals surface area contributed by atoms with Gasteiger partial charge in [-0.1, -0.05) is 18.3 Å². The van der Waals surface area contributed by atoms with Crippen LogP contribution in [0, 0.1) is 13.8 Å². The second-order valence-corrected chi connectivity index (χ2v) is 6.34. The van der Waals surface area contributed by atoms with E-state index in [1.165, 1.54) is 17.4 Å². The van der Waals surface area contributed by atoms with E-state index in [2.05, 4.69) is 42.5 Å². The number of furan rings is 1. The molecule has 22 heavy (non-hydrogen) atoms. The van der Waals surface area contributed by atoms with E-state index in [0.717, 1.165) is 28.0 Å². The summed E-state index contributed by atoms with van der Waals surface area (Å²) in [5.74, 6) is -0.0669. The van der Waals surface area contributed by atoms with Gasteiger partial charge in [0.15, 0.2) is 10.6 Å². The average molecular weight is 314 g/mol. The standard InChI is InChI=1S/C17H18N2O2S/c1-4-7-19-13-9-11(2)12(3)10-15(13)22-17(19)18-16(20)14-6-5-8-21-14/h5-6,8-10H,4,7H2,1-3H3. The SMILES string of the molecule is CCCn1c(=NC(=O)c2ccco2)sc2cc(C)c(C)cc21. The third-order valence-electron chi connectivity index (χ3n) is 3.67. The summed E-state index contributed by atoms with van der Waals surface area (Å²) in [5, 5.41) is 0. The van der Waals surface area contributed by atoms with Gasteiger partial charge in [-0.15, -0.1) is 0 Å². The Balaban J connectivity index is 2.20. The largest absolute Gasteiger partial charge is 0.459 e. The molecule has 0 aliphatic rings. The van der Waals surface area contributed by atoms with Gasteiger partial charge in [-0.05, 0) is 55.7 Å². The molecule has 0 radical (unpaired) electrons. The summed E-state index contributed by atoms with van der Waals surface area (Å²) >= 11 is 1.55. The number of hydrogen-bond acceptors (Lipinski definition) is 3. The lowest BCUT2D eigenvalue weighted by Crippen LogP contribution is -2.16. The lowest BCUT2D eigenvalue weighted by Gasteiger charge is -2.04. The third kappa shape index (κ3) is 2.64. The van der Waals surface area contributed by atoms with Crippen LogP contribution in [0.3, 0.4) is 0 Å². The Bertz CT molecular complexity index is 885. The van der Waals surface area contributed by atoms with E-state index < -0.39 is 0 Å². The van der Waals surface area contributed by atoms with Crippen LogP contribution < -0.4 is 4.80 Å². The number of fused-ring (bicyclic) bond motifs is 1. The smallest absolute Gasteiger partial charge is 0.315 e. The predicted octanol–water partition coefficient (Wildman–Crippen LogP) is 4.06. The summed E-state index contributed by atoms with van der Waals surface area (Å²) in [6.45, 7) is 7.17. The summed E-state index contributed by atoms with van der Waals surface area (Å²) in [6, 6.07) is 7.67. The van der Waals surface area contributed by atoms with Crippen molar-refractivity contribution in [3.05, 3.63) is 52.2 Å². The lowest BCUT2D eigenvalue weighted by atomic mass is 10.1. The van der Waals surface area contributed by atoms with Crippen LogP contribution in [0.5, 0.6) is 0 Å². The molecule has 0 N–H and O–H groups in total. The molecule has 2 aromatic heterocycles. The van der Waals surface area contributed by atoms with Gasteiger partial charge in [-0.25, -0.2) is 0 Å². The first kappa shape index (κ1) is 14.8. The van der Waals surface area contributed by atoms with Crippen molar-refractivity contribution in [2.75, 3.05) is 0 Å². The van der Waals surface area contributed by atoms with Crippen molar-refractivity contribution in [1.82, 2.24) is 4.57 Å². The third-order valence-corrected chi connectivity index (χ3v) is 4.72. The topological polar surface area (TPSA) is 47.5 Å². The molecule has 1 aromatic carbocycles. The molecule has 0 saturated carbocycles. The fourth-order valence-electron chi connectivity index (χ4n) is 2.39. The van der Waals surface area contributed by atoms with Crippen molar-refractivity contribution >= 4 is 27.5 Å². The number of carbonyl (C=O) groups excluding carboxylic acids is 1. The van der Waals surface area contributed by atoms with Crippen molar-refractivity contribution in [2.45, 2.75) is 33.7 Å². The first-order valence-corrected chi connectivity index (χ1v) is 8.15. The van der Waals surface area contributed by atoms with E-state index >= 15 is 0 Å². The van der Waals surface area contributed by atoms with Gasteiger partial charge < -0.3 is 8.98 Å². The van der Waals surface area contributed by atoms with E-state index in [1.54, 1.807) is 23.5 Å². The first-order chi connectivity index (χ1) is 10.6. The maximum Gasteiger partial charge on any atom is 0.315 e. The highest BCUT2D eigenvalue weighted by Gasteiger charge is 2.11. The van der Waals surface area contributed by atoms with Crippen molar-refractivity contribution in [3.63, 3.8) is 0 Å². The van der Waals surface area contributed by atoms with Gasteiger partial charge in [0.25, 0.3) is 0 Å². The molecule has 3 aromatic rings. The van der Waals surface area contributed by atoms with Gasteiger partial charge in [0.05, 0.1) is 16.5 Å². The molecule has 5 heteroatoms. The van der Waals surface area contributed by atoms with E-state index in [-0.39, 0.29) is 11.7 Å².